The predicted molar refractivity (Wildman–Crippen MR) is 69.9 cm³/mol. The lowest BCUT2D eigenvalue weighted by Crippen LogP contribution is -2.19. The summed E-state index contributed by atoms with van der Waals surface area (Å²) < 4.78 is 14.1. The van der Waals surface area contributed by atoms with E-state index in [-0.39, 0.29) is 5.82 Å². The Hall–Kier alpha value is -1.51. The van der Waals surface area contributed by atoms with Gasteiger partial charge >= 0.3 is 0 Å². The van der Waals surface area contributed by atoms with Crippen molar-refractivity contribution in [2.75, 3.05) is 13.1 Å². The molecule has 1 aliphatic carbocycles. The molecular formula is C15H17FN2O. The Kier molecular flexibility index (Phi) is 3.21. The first-order valence-electron chi connectivity index (χ1n) is 6.84. The normalized spacial score (nSPS) is 21.1. The van der Waals surface area contributed by atoms with Crippen LogP contribution in [0.5, 0.6) is 0 Å². The monoisotopic (exact) mass is 260 g/mol. The first kappa shape index (κ1) is 12.5. The summed E-state index contributed by atoms with van der Waals surface area (Å²) in [6, 6.07) is 5.28. The van der Waals surface area contributed by atoms with Gasteiger partial charge in [0.1, 0.15) is 5.82 Å². The molecule has 1 heterocycles. The van der Waals surface area contributed by atoms with Crippen molar-refractivity contribution >= 4 is 6.08 Å². The molecule has 0 aromatic heterocycles. The van der Waals surface area contributed by atoms with Crippen LogP contribution in [0.2, 0.25) is 0 Å². The summed E-state index contributed by atoms with van der Waals surface area (Å²) in [5.41, 5.74) is 1.06. The van der Waals surface area contributed by atoms with Crippen LogP contribution in [-0.2, 0) is 16.9 Å². The Labute approximate surface area is 112 Å². The van der Waals surface area contributed by atoms with Crippen molar-refractivity contribution in [2.24, 2.45) is 4.99 Å². The molecule has 3 nitrogen and oxygen atoms in total. The van der Waals surface area contributed by atoms with E-state index < -0.39 is 5.54 Å². The number of hydrogen-bond acceptors (Lipinski definition) is 3. The van der Waals surface area contributed by atoms with Gasteiger partial charge in [-0.1, -0.05) is 12.1 Å². The highest BCUT2D eigenvalue weighted by Crippen LogP contribution is 2.49. The zero-order chi connectivity index (χ0) is 13.3. The molecule has 0 N–H and O–H groups in total. The molecule has 1 aliphatic heterocycles. The summed E-state index contributed by atoms with van der Waals surface area (Å²) in [7, 11) is 0. The van der Waals surface area contributed by atoms with E-state index in [0.717, 1.165) is 37.1 Å². The number of halogens is 1. The lowest BCUT2D eigenvalue weighted by Gasteiger charge is -2.16. The number of rotatable bonds is 4. The van der Waals surface area contributed by atoms with E-state index in [1.807, 2.05) is 12.1 Å². The highest BCUT2D eigenvalue weighted by Gasteiger charge is 2.45. The highest BCUT2D eigenvalue weighted by atomic mass is 19.1. The molecule has 0 atom stereocenters. The van der Waals surface area contributed by atoms with Crippen LogP contribution in [0.3, 0.4) is 0 Å². The van der Waals surface area contributed by atoms with Crippen molar-refractivity contribution in [3.05, 3.63) is 35.1 Å². The standard InChI is InChI=1S/C15H17FN2O/c16-14-9-13(15(5-6-15)17-11-19)4-3-12(14)10-18-7-1-2-8-18/h3-4,9H,1-2,5-8,10H2. The molecule has 0 amide bonds. The largest absolute Gasteiger partial charge is 0.299 e. The van der Waals surface area contributed by atoms with Crippen molar-refractivity contribution in [3.8, 4) is 0 Å². The first-order valence-corrected chi connectivity index (χ1v) is 6.84. The molecule has 1 saturated carbocycles. The molecule has 0 bridgehead atoms. The van der Waals surface area contributed by atoms with Crippen molar-refractivity contribution < 1.29 is 9.18 Å². The van der Waals surface area contributed by atoms with E-state index in [0.29, 0.717) is 6.54 Å². The smallest absolute Gasteiger partial charge is 0.235 e. The van der Waals surface area contributed by atoms with Crippen LogP contribution < -0.4 is 0 Å². The van der Waals surface area contributed by atoms with Crippen LogP contribution in [0, 0.1) is 5.82 Å². The van der Waals surface area contributed by atoms with Crippen molar-refractivity contribution in [1.82, 2.24) is 4.90 Å². The van der Waals surface area contributed by atoms with Gasteiger partial charge in [-0.05, 0) is 50.4 Å². The predicted octanol–water partition coefficient (Wildman–Crippen LogP) is 2.75. The van der Waals surface area contributed by atoms with E-state index in [1.54, 1.807) is 12.1 Å². The van der Waals surface area contributed by atoms with Gasteiger partial charge in [0.15, 0.2) is 0 Å². The Morgan fingerprint density at radius 1 is 1.32 bits per heavy atom. The van der Waals surface area contributed by atoms with Gasteiger partial charge in [0.25, 0.3) is 0 Å². The molecule has 1 aromatic rings. The minimum Gasteiger partial charge on any atom is -0.299 e. The minimum absolute atomic E-state index is 0.184. The number of isocyanates is 1. The maximum Gasteiger partial charge on any atom is 0.235 e. The van der Waals surface area contributed by atoms with Crippen molar-refractivity contribution in [1.29, 1.82) is 0 Å². The van der Waals surface area contributed by atoms with Crippen LogP contribution in [-0.4, -0.2) is 24.1 Å². The SMILES string of the molecule is O=C=NC1(c2ccc(CN3CCCC3)c(F)c2)CC1. The molecule has 1 saturated heterocycles. The second-order valence-electron chi connectivity index (χ2n) is 5.52. The molecule has 1 aromatic carbocycles. The second-order valence-corrected chi connectivity index (χ2v) is 5.52. The molecule has 4 heteroatoms. The lowest BCUT2D eigenvalue weighted by atomic mass is 10.0. The Balaban J connectivity index is 1.79. The van der Waals surface area contributed by atoms with Crippen LogP contribution in [0.4, 0.5) is 4.39 Å². The van der Waals surface area contributed by atoms with Crippen molar-refractivity contribution in [3.63, 3.8) is 0 Å². The molecule has 3 rings (SSSR count). The first-order chi connectivity index (χ1) is 9.23. The van der Waals surface area contributed by atoms with Gasteiger partial charge in [-0.3, -0.25) is 4.90 Å². The fourth-order valence-corrected chi connectivity index (χ4v) is 2.82. The zero-order valence-electron chi connectivity index (χ0n) is 10.9. The number of nitrogens with zero attached hydrogens (tertiary/aromatic N) is 2. The van der Waals surface area contributed by atoms with E-state index >= 15 is 0 Å². The fraction of sp³-hybridized carbons (Fsp3) is 0.533. The molecule has 2 fully saturated rings. The summed E-state index contributed by atoms with van der Waals surface area (Å²) in [5.74, 6) is -0.184. The molecule has 0 radical (unpaired) electrons. The number of aliphatic imine (C=N–C) groups is 1. The third-order valence-electron chi connectivity index (χ3n) is 4.17. The van der Waals surface area contributed by atoms with Crippen LogP contribution >= 0.6 is 0 Å². The Morgan fingerprint density at radius 2 is 2.05 bits per heavy atom. The second kappa shape index (κ2) is 4.87. The minimum atomic E-state index is -0.477. The van der Waals surface area contributed by atoms with Gasteiger partial charge in [0.05, 0.1) is 5.54 Å². The average molecular weight is 260 g/mol. The van der Waals surface area contributed by atoms with Gasteiger partial charge < -0.3 is 0 Å². The summed E-state index contributed by atoms with van der Waals surface area (Å²) in [6.45, 7) is 2.79. The number of hydrogen-bond donors (Lipinski definition) is 0. The molecule has 0 spiro atoms. The van der Waals surface area contributed by atoms with Crippen LogP contribution in [0.15, 0.2) is 23.2 Å². The zero-order valence-corrected chi connectivity index (χ0v) is 10.9. The molecule has 19 heavy (non-hydrogen) atoms. The molecular weight excluding hydrogens is 243 g/mol. The Bertz CT molecular complexity index is 527. The molecule has 100 valence electrons. The third kappa shape index (κ3) is 2.46. The van der Waals surface area contributed by atoms with E-state index in [2.05, 4.69) is 9.89 Å². The summed E-state index contributed by atoms with van der Waals surface area (Å²) >= 11 is 0. The van der Waals surface area contributed by atoms with Gasteiger partial charge in [0.2, 0.25) is 6.08 Å². The highest BCUT2D eigenvalue weighted by molar-refractivity contribution is 5.42. The lowest BCUT2D eigenvalue weighted by molar-refractivity contribution is 0.325. The van der Waals surface area contributed by atoms with Crippen molar-refractivity contribution in [2.45, 2.75) is 37.8 Å². The molecule has 2 aliphatic rings. The average Bonchev–Trinajstić information content (AvgIpc) is 3.00. The fourth-order valence-electron chi connectivity index (χ4n) is 2.82. The number of benzene rings is 1. The van der Waals surface area contributed by atoms with Crippen LogP contribution in [0.1, 0.15) is 36.8 Å². The van der Waals surface area contributed by atoms with Gasteiger partial charge in [-0.2, -0.15) is 4.99 Å². The van der Waals surface area contributed by atoms with Gasteiger partial charge in [-0.15, -0.1) is 0 Å². The molecule has 0 unspecified atom stereocenters. The third-order valence-corrected chi connectivity index (χ3v) is 4.17. The maximum atomic E-state index is 14.1. The van der Waals surface area contributed by atoms with E-state index in [9.17, 15) is 9.18 Å². The number of carbonyl (C=O) groups excluding carboxylic acids is 1. The topological polar surface area (TPSA) is 32.7 Å². The number of likely N-dealkylation sites (tertiary alicyclic amines) is 1. The maximum absolute atomic E-state index is 14.1. The summed E-state index contributed by atoms with van der Waals surface area (Å²) in [4.78, 5) is 16.5. The van der Waals surface area contributed by atoms with E-state index in [4.69, 9.17) is 0 Å². The quantitative estimate of drug-likeness (QED) is 0.616. The van der Waals surface area contributed by atoms with E-state index in [1.165, 1.54) is 12.8 Å². The van der Waals surface area contributed by atoms with Gasteiger partial charge in [-0.25, -0.2) is 9.18 Å². The Morgan fingerprint density at radius 3 is 2.63 bits per heavy atom. The van der Waals surface area contributed by atoms with Gasteiger partial charge in [0, 0.05) is 12.1 Å². The summed E-state index contributed by atoms with van der Waals surface area (Å²) in [5, 5.41) is 0. The van der Waals surface area contributed by atoms with Crippen LogP contribution in [0.25, 0.3) is 0 Å². The summed E-state index contributed by atoms with van der Waals surface area (Å²) in [6.07, 6.45) is 5.64.